The number of hydrogen-bond donors (Lipinski definition) is 0. The first-order valence-corrected chi connectivity index (χ1v) is 7.58. The molecule has 0 N–H and O–H groups in total. The van der Waals surface area contributed by atoms with Crippen LogP contribution in [0.25, 0.3) is 0 Å². The number of rotatable bonds is 1. The molecule has 114 valence electrons. The van der Waals surface area contributed by atoms with Gasteiger partial charge in [-0.1, -0.05) is 25.2 Å². The lowest BCUT2D eigenvalue weighted by Crippen LogP contribution is -2.53. The predicted molar refractivity (Wildman–Crippen MR) is 77.3 cm³/mol. The fourth-order valence-electron chi connectivity index (χ4n) is 4.48. The summed E-state index contributed by atoms with van der Waals surface area (Å²) >= 11 is 0. The summed E-state index contributed by atoms with van der Waals surface area (Å²) in [6.07, 6.45) is 4.35. The lowest BCUT2D eigenvalue weighted by Gasteiger charge is -2.52. The smallest absolute Gasteiger partial charge is 0.334 e. The first-order chi connectivity index (χ1) is 9.84. The van der Waals surface area contributed by atoms with E-state index in [1.807, 2.05) is 0 Å². The highest BCUT2D eigenvalue weighted by atomic mass is 16.6. The van der Waals surface area contributed by atoms with Gasteiger partial charge in [-0.25, -0.2) is 4.79 Å². The summed E-state index contributed by atoms with van der Waals surface area (Å²) in [4.78, 5) is 23.3. The van der Waals surface area contributed by atoms with Gasteiger partial charge >= 0.3 is 11.9 Å². The van der Waals surface area contributed by atoms with Crippen LogP contribution in [-0.2, 0) is 19.1 Å². The number of hydrogen-bond acceptors (Lipinski definition) is 4. The Morgan fingerprint density at radius 3 is 2.90 bits per heavy atom. The lowest BCUT2D eigenvalue weighted by molar-refractivity contribution is -0.167. The quantitative estimate of drug-likeness (QED) is 0.423. The van der Waals surface area contributed by atoms with E-state index in [1.54, 1.807) is 0 Å². The van der Waals surface area contributed by atoms with Crippen molar-refractivity contribution in [3.63, 3.8) is 0 Å². The maximum atomic E-state index is 11.9. The largest absolute Gasteiger partial charge is 0.462 e. The molecule has 0 amide bonds. The molecule has 0 aromatic heterocycles. The van der Waals surface area contributed by atoms with E-state index in [0.29, 0.717) is 5.57 Å². The third-order valence-electron chi connectivity index (χ3n) is 5.57. The number of carbonyl (C=O) groups excluding carboxylic acids is 2. The number of esters is 2. The molecule has 2 fully saturated rings. The molecular formula is C17H22O4. The minimum atomic E-state index is -0.267. The molecule has 0 radical (unpaired) electrons. The summed E-state index contributed by atoms with van der Waals surface area (Å²) < 4.78 is 11.2. The molecule has 3 aliphatic rings. The van der Waals surface area contributed by atoms with Gasteiger partial charge < -0.3 is 9.47 Å². The zero-order valence-electron chi connectivity index (χ0n) is 12.8. The molecular weight excluding hydrogens is 268 g/mol. The number of fused-ring (bicyclic) bond motifs is 3. The van der Waals surface area contributed by atoms with Gasteiger partial charge in [0.05, 0.1) is 0 Å². The van der Waals surface area contributed by atoms with Crippen molar-refractivity contribution in [2.24, 2.45) is 17.3 Å². The topological polar surface area (TPSA) is 52.6 Å². The lowest BCUT2D eigenvalue weighted by atomic mass is 9.55. The number of carbonyl (C=O) groups is 2. The van der Waals surface area contributed by atoms with Gasteiger partial charge in [0.15, 0.2) is 0 Å². The fraction of sp³-hybridized carbons (Fsp3) is 0.647. The van der Waals surface area contributed by atoms with E-state index >= 15 is 0 Å². The summed E-state index contributed by atoms with van der Waals surface area (Å²) in [7, 11) is 0. The van der Waals surface area contributed by atoms with Crippen LogP contribution in [0.3, 0.4) is 0 Å². The van der Waals surface area contributed by atoms with Crippen LogP contribution >= 0.6 is 0 Å². The second-order valence-corrected chi connectivity index (χ2v) is 6.81. The zero-order chi connectivity index (χ0) is 15.4. The van der Waals surface area contributed by atoms with E-state index in [1.165, 1.54) is 12.5 Å². The molecule has 5 unspecified atom stereocenters. The molecule has 1 heterocycles. The zero-order valence-corrected chi connectivity index (χ0v) is 12.8. The molecule has 1 saturated heterocycles. The van der Waals surface area contributed by atoms with Gasteiger partial charge in [0, 0.05) is 36.2 Å². The molecule has 0 bridgehead atoms. The predicted octanol–water partition coefficient (Wildman–Crippen LogP) is 2.78. The van der Waals surface area contributed by atoms with Crippen LogP contribution in [0.2, 0.25) is 0 Å². The highest BCUT2D eigenvalue weighted by Gasteiger charge is 2.58. The second kappa shape index (κ2) is 4.72. The van der Waals surface area contributed by atoms with Gasteiger partial charge in [-0.2, -0.15) is 0 Å². The standard InChI is InChI=1S/C17H22O4/c1-9-5-6-13(20-11(3)18)17(4)8-7-12-10(2)16(19)21-15(12)14(9)17/h5,12-15H,2,6-8H2,1,3-4H3. The molecule has 0 spiro atoms. The van der Waals surface area contributed by atoms with Crippen LogP contribution < -0.4 is 0 Å². The molecule has 3 rings (SSSR count). The van der Waals surface area contributed by atoms with Crippen molar-refractivity contribution in [1.29, 1.82) is 0 Å². The molecule has 1 aliphatic heterocycles. The van der Waals surface area contributed by atoms with Crippen LogP contribution in [0.15, 0.2) is 23.8 Å². The Hall–Kier alpha value is -1.58. The van der Waals surface area contributed by atoms with Crippen molar-refractivity contribution >= 4 is 11.9 Å². The Bertz CT molecular complexity index is 547. The van der Waals surface area contributed by atoms with Crippen molar-refractivity contribution in [1.82, 2.24) is 0 Å². The van der Waals surface area contributed by atoms with Crippen molar-refractivity contribution in [3.8, 4) is 0 Å². The molecule has 2 aliphatic carbocycles. The Kier molecular flexibility index (Phi) is 3.23. The van der Waals surface area contributed by atoms with Crippen molar-refractivity contribution in [2.75, 3.05) is 0 Å². The number of ether oxygens (including phenoxy) is 2. The molecule has 5 atom stereocenters. The third kappa shape index (κ3) is 2.03. The first-order valence-electron chi connectivity index (χ1n) is 7.58. The minimum absolute atomic E-state index is 0.106. The molecule has 0 aromatic carbocycles. The van der Waals surface area contributed by atoms with Crippen LogP contribution in [0.1, 0.15) is 40.0 Å². The van der Waals surface area contributed by atoms with E-state index in [-0.39, 0.29) is 41.4 Å². The molecule has 1 saturated carbocycles. The minimum Gasteiger partial charge on any atom is -0.462 e. The van der Waals surface area contributed by atoms with E-state index in [2.05, 4.69) is 26.5 Å². The van der Waals surface area contributed by atoms with E-state index in [4.69, 9.17) is 9.47 Å². The monoisotopic (exact) mass is 290 g/mol. The highest BCUT2D eigenvalue weighted by Crippen LogP contribution is 2.56. The molecule has 4 nitrogen and oxygen atoms in total. The third-order valence-corrected chi connectivity index (χ3v) is 5.57. The Morgan fingerprint density at radius 2 is 2.24 bits per heavy atom. The normalized spacial score (nSPS) is 41.8. The van der Waals surface area contributed by atoms with Crippen molar-refractivity contribution in [3.05, 3.63) is 23.8 Å². The Balaban J connectivity index is 1.98. The maximum Gasteiger partial charge on any atom is 0.334 e. The maximum absolute atomic E-state index is 11.9. The average Bonchev–Trinajstić information content (AvgIpc) is 2.68. The Morgan fingerprint density at radius 1 is 1.52 bits per heavy atom. The van der Waals surface area contributed by atoms with E-state index < -0.39 is 0 Å². The van der Waals surface area contributed by atoms with Gasteiger partial charge in [0.1, 0.15) is 12.2 Å². The SMILES string of the molecule is C=C1C(=O)OC2C1CCC1(C)C(OC(C)=O)CC=C(C)C21. The Labute approximate surface area is 125 Å². The summed E-state index contributed by atoms with van der Waals surface area (Å²) in [6.45, 7) is 9.59. The molecule has 4 heteroatoms. The van der Waals surface area contributed by atoms with Crippen LogP contribution in [0, 0.1) is 17.3 Å². The second-order valence-electron chi connectivity index (χ2n) is 6.81. The average molecular weight is 290 g/mol. The van der Waals surface area contributed by atoms with Crippen molar-refractivity contribution < 1.29 is 19.1 Å². The van der Waals surface area contributed by atoms with Crippen LogP contribution in [-0.4, -0.2) is 24.1 Å². The first kappa shape index (κ1) is 14.4. The van der Waals surface area contributed by atoms with Gasteiger partial charge in [0.2, 0.25) is 0 Å². The summed E-state index contributed by atoms with van der Waals surface area (Å²) in [5, 5.41) is 0. The van der Waals surface area contributed by atoms with E-state index in [0.717, 1.165) is 19.3 Å². The summed E-state index contributed by atoms with van der Waals surface area (Å²) in [5.74, 6) is -0.299. The van der Waals surface area contributed by atoms with Gasteiger partial charge in [-0.3, -0.25) is 4.79 Å². The molecule has 21 heavy (non-hydrogen) atoms. The van der Waals surface area contributed by atoms with E-state index in [9.17, 15) is 9.59 Å². The molecule has 0 aromatic rings. The van der Waals surface area contributed by atoms with Crippen LogP contribution in [0.4, 0.5) is 0 Å². The highest BCUT2D eigenvalue weighted by molar-refractivity contribution is 5.91. The van der Waals surface area contributed by atoms with Gasteiger partial charge in [-0.15, -0.1) is 0 Å². The summed E-state index contributed by atoms with van der Waals surface area (Å²) in [6, 6.07) is 0. The summed E-state index contributed by atoms with van der Waals surface area (Å²) in [5.41, 5.74) is 1.67. The van der Waals surface area contributed by atoms with Gasteiger partial charge in [0.25, 0.3) is 0 Å². The van der Waals surface area contributed by atoms with Crippen LogP contribution in [0.5, 0.6) is 0 Å². The van der Waals surface area contributed by atoms with Crippen molar-refractivity contribution in [2.45, 2.75) is 52.2 Å². The van der Waals surface area contributed by atoms with Gasteiger partial charge in [-0.05, 0) is 19.8 Å². The fourth-order valence-corrected chi connectivity index (χ4v) is 4.48.